The standard InChI is InChI=1S/C27H19NO5S/c1-32-19-12-8-11-18(15-19)28-21(17-9-4-2-5-10-17)16-22-23(26(28)30)24(29)25(27(31)33-22)34-20-13-6-3-7-14-20/h2-16,29H,1H3. The zero-order valence-electron chi connectivity index (χ0n) is 18.1. The molecule has 34 heavy (non-hydrogen) atoms. The highest BCUT2D eigenvalue weighted by molar-refractivity contribution is 7.99. The molecular weight excluding hydrogens is 450 g/mol. The molecule has 3 aromatic carbocycles. The van der Waals surface area contributed by atoms with Gasteiger partial charge in [-0.2, -0.15) is 0 Å². The molecule has 0 amide bonds. The molecule has 2 heterocycles. The fraction of sp³-hybridized carbons (Fsp3) is 0.0370. The number of nitrogens with zero attached hydrogens (tertiary/aromatic N) is 1. The second-order valence-electron chi connectivity index (χ2n) is 7.46. The first-order valence-corrected chi connectivity index (χ1v) is 11.3. The predicted molar refractivity (Wildman–Crippen MR) is 132 cm³/mol. The van der Waals surface area contributed by atoms with Crippen LogP contribution in [-0.4, -0.2) is 16.8 Å². The number of ether oxygens (including phenoxy) is 1. The van der Waals surface area contributed by atoms with E-state index in [9.17, 15) is 14.7 Å². The van der Waals surface area contributed by atoms with E-state index in [4.69, 9.17) is 9.15 Å². The van der Waals surface area contributed by atoms with Crippen LogP contribution in [0.1, 0.15) is 0 Å². The normalized spacial score (nSPS) is 11.0. The van der Waals surface area contributed by atoms with Gasteiger partial charge in [-0.1, -0.05) is 66.4 Å². The van der Waals surface area contributed by atoms with E-state index in [-0.39, 0.29) is 15.9 Å². The lowest BCUT2D eigenvalue weighted by atomic mass is 10.1. The summed E-state index contributed by atoms with van der Waals surface area (Å²) in [6.07, 6.45) is 0. The van der Waals surface area contributed by atoms with Crippen molar-refractivity contribution in [2.75, 3.05) is 7.11 Å². The molecule has 0 saturated carbocycles. The third-order valence-corrected chi connectivity index (χ3v) is 6.43. The topological polar surface area (TPSA) is 81.7 Å². The van der Waals surface area contributed by atoms with Gasteiger partial charge in [0.05, 0.1) is 18.5 Å². The number of pyridine rings is 1. The van der Waals surface area contributed by atoms with Crippen LogP contribution in [0, 0.1) is 0 Å². The predicted octanol–water partition coefficient (Wildman–Crippen LogP) is 5.48. The summed E-state index contributed by atoms with van der Waals surface area (Å²) < 4.78 is 12.4. The Morgan fingerprint density at radius 2 is 1.59 bits per heavy atom. The summed E-state index contributed by atoms with van der Waals surface area (Å²) in [6, 6.07) is 27.1. The van der Waals surface area contributed by atoms with Gasteiger partial charge in [0, 0.05) is 17.0 Å². The second-order valence-corrected chi connectivity index (χ2v) is 8.54. The summed E-state index contributed by atoms with van der Waals surface area (Å²) in [7, 11) is 1.55. The van der Waals surface area contributed by atoms with Crippen LogP contribution < -0.4 is 15.9 Å². The van der Waals surface area contributed by atoms with Gasteiger partial charge < -0.3 is 14.3 Å². The van der Waals surface area contributed by atoms with E-state index in [0.29, 0.717) is 17.1 Å². The lowest BCUT2D eigenvalue weighted by Gasteiger charge is -2.16. The summed E-state index contributed by atoms with van der Waals surface area (Å²) in [4.78, 5) is 27.3. The maximum atomic E-state index is 13.9. The lowest BCUT2D eigenvalue weighted by Crippen LogP contribution is -2.21. The van der Waals surface area contributed by atoms with Gasteiger partial charge in [0.2, 0.25) is 0 Å². The summed E-state index contributed by atoms with van der Waals surface area (Å²) in [5.74, 6) is 0.175. The number of methoxy groups -OCH3 is 1. The van der Waals surface area contributed by atoms with Gasteiger partial charge in [0.1, 0.15) is 21.6 Å². The maximum Gasteiger partial charge on any atom is 0.354 e. The first kappa shape index (κ1) is 21.6. The van der Waals surface area contributed by atoms with E-state index in [1.165, 1.54) is 4.57 Å². The largest absolute Gasteiger partial charge is 0.505 e. The number of hydrogen-bond acceptors (Lipinski definition) is 6. The molecule has 0 bridgehead atoms. The molecule has 0 saturated heterocycles. The fourth-order valence-corrected chi connectivity index (χ4v) is 4.62. The Balaban J connectivity index is 1.83. The van der Waals surface area contributed by atoms with E-state index < -0.39 is 16.9 Å². The molecule has 168 valence electrons. The van der Waals surface area contributed by atoms with Gasteiger partial charge in [-0.3, -0.25) is 9.36 Å². The van der Waals surface area contributed by atoms with Gasteiger partial charge in [-0.15, -0.1) is 0 Å². The third-order valence-electron chi connectivity index (χ3n) is 5.36. The van der Waals surface area contributed by atoms with Crippen molar-refractivity contribution in [1.82, 2.24) is 4.57 Å². The maximum absolute atomic E-state index is 13.9. The minimum absolute atomic E-state index is 0.0166. The molecule has 0 aliphatic heterocycles. The molecule has 5 rings (SSSR count). The molecule has 5 aromatic rings. The lowest BCUT2D eigenvalue weighted by molar-refractivity contribution is 0.414. The Bertz CT molecular complexity index is 1610. The average molecular weight is 470 g/mol. The second kappa shape index (κ2) is 8.96. The van der Waals surface area contributed by atoms with Gasteiger partial charge >= 0.3 is 5.63 Å². The van der Waals surface area contributed by atoms with E-state index >= 15 is 0 Å². The van der Waals surface area contributed by atoms with Crippen molar-refractivity contribution in [3.8, 4) is 28.4 Å². The summed E-state index contributed by atoms with van der Waals surface area (Å²) >= 11 is 1.05. The Hall–Kier alpha value is -4.23. The molecule has 7 heteroatoms. The number of rotatable bonds is 5. The smallest absolute Gasteiger partial charge is 0.354 e. The van der Waals surface area contributed by atoms with Crippen molar-refractivity contribution >= 4 is 22.7 Å². The van der Waals surface area contributed by atoms with Crippen LogP contribution in [0.3, 0.4) is 0 Å². The minimum atomic E-state index is -0.712. The van der Waals surface area contributed by atoms with E-state index in [2.05, 4.69) is 0 Å². The van der Waals surface area contributed by atoms with E-state index in [0.717, 1.165) is 22.2 Å². The monoisotopic (exact) mass is 469 g/mol. The van der Waals surface area contributed by atoms with Crippen molar-refractivity contribution in [3.05, 3.63) is 112 Å². The van der Waals surface area contributed by atoms with Crippen molar-refractivity contribution in [2.24, 2.45) is 0 Å². The van der Waals surface area contributed by atoms with Gasteiger partial charge in [0.25, 0.3) is 5.56 Å². The summed E-state index contributed by atoms with van der Waals surface area (Å²) in [5, 5.41) is 11.0. The molecule has 0 radical (unpaired) electrons. The Morgan fingerprint density at radius 3 is 2.29 bits per heavy atom. The van der Waals surface area contributed by atoms with Crippen molar-refractivity contribution < 1.29 is 14.3 Å². The number of aromatic hydroxyl groups is 1. The summed E-state index contributed by atoms with van der Waals surface area (Å²) in [5.41, 5.74) is 0.597. The van der Waals surface area contributed by atoms with Crippen LogP contribution in [-0.2, 0) is 0 Å². The highest BCUT2D eigenvalue weighted by Crippen LogP contribution is 2.36. The first-order valence-electron chi connectivity index (χ1n) is 10.5. The molecule has 6 nitrogen and oxygen atoms in total. The quantitative estimate of drug-likeness (QED) is 0.367. The molecule has 2 aromatic heterocycles. The van der Waals surface area contributed by atoms with E-state index in [1.807, 2.05) is 48.5 Å². The van der Waals surface area contributed by atoms with Gasteiger partial charge in [-0.25, -0.2) is 4.79 Å². The Labute approximate surface area is 198 Å². The molecule has 0 unspecified atom stereocenters. The third kappa shape index (κ3) is 3.86. The molecule has 0 fully saturated rings. The highest BCUT2D eigenvalue weighted by Gasteiger charge is 2.22. The minimum Gasteiger partial charge on any atom is -0.505 e. The van der Waals surface area contributed by atoms with Crippen LogP contribution in [0.5, 0.6) is 11.5 Å². The molecule has 0 spiro atoms. The first-order chi connectivity index (χ1) is 16.6. The number of hydrogen-bond donors (Lipinski definition) is 1. The van der Waals surface area contributed by atoms with Crippen LogP contribution >= 0.6 is 11.8 Å². The van der Waals surface area contributed by atoms with Crippen molar-refractivity contribution in [2.45, 2.75) is 9.79 Å². The van der Waals surface area contributed by atoms with Crippen LogP contribution in [0.4, 0.5) is 0 Å². The number of benzene rings is 3. The Morgan fingerprint density at radius 1 is 0.882 bits per heavy atom. The van der Waals surface area contributed by atoms with Crippen molar-refractivity contribution in [1.29, 1.82) is 0 Å². The zero-order chi connectivity index (χ0) is 23.7. The SMILES string of the molecule is COc1cccc(-n2c(-c3ccccc3)cc3oc(=O)c(Sc4ccccc4)c(O)c3c2=O)c1. The van der Waals surface area contributed by atoms with Crippen molar-refractivity contribution in [3.63, 3.8) is 0 Å². The Kier molecular flexibility index (Phi) is 5.69. The fourth-order valence-electron chi connectivity index (χ4n) is 3.77. The van der Waals surface area contributed by atoms with E-state index in [1.54, 1.807) is 49.6 Å². The van der Waals surface area contributed by atoms with Crippen LogP contribution in [0.2, 0.25) is 0 Å². The number of aromatic nitrogens is 1. The van der Waals surface area contributed by atoms with Gasteiger partial charge in [0.15, 0.2) is 5.75 Å². The molecule has 0 atom stereocenters. The molecule has 1 N–H and O–H groups in total. The van der Waals surface area contributed by atoms with Crippen LogP contribution in [0.15, 0.2) is 115 Å². The highest BCUT2D eigenvalue weighted by atomic mass is 32.2. The summed E-state index contributed by atoms with van der Waals surface area (Å²) in [6.45, 7) is 0. The molecule has 0 aliphatic rings. The molecule has 0 aliphatic carbocycles. The zero-order valence-corrected chi connectivity index (χ0v) is 18.9. The van der Waals surface area contributed by atoms with Gasteiger partial charge in [-0.05, 0) is 29.8 Å². The average Bonchev–Trinajstić information content (AvgIpc) is 2.87. The number of fused-ring (bicyclic) bond motifs is 1. The van der Waals surface area contributed by atoms with Crippen LogP contribution in [0.25, 0.3) is 27.9 Å². The molecular formula is C27H19NO5S.